The largest absolute Gasteiger partial charge is 0.486 e. The normalized spacial score (nSPS) is 13.9. The zero-order chi connectivity index (χ0) is 12.5. The Hall–Kier alpha value is -1.96. The van der Waals surface area contributed by atoms with Crippen LogP contribution in [0.5, 0.6) is 11.5 Å². The topological polar surface area (TPSA) is 127 Å². The van der Waals surface area contributed by atoms with E-state index in [2.05, 4.69) is 10.0 Å². The predicted molar refractivity (Wildman–Crippen MR) is 57.6 cm³/mol. The van der Waals surface area contributed by atoms with Crippen LogP contribution < -0.4 is 14.6 Å². The van der Waals surface area contributed by atoms with E-state index in [0.717, 1.165) is 0 Å². The molecular weight excluding hydrogens is 248 g/mol. The second kappa shape index (κ2) is 4.13. The molecule has 0 unspecified atom stereocenters. The summed E-state index contributed by atoms with van der Waals surface area (Å²) >= 11 is 0. The fourth-order valence-corrected chi connectivity index (χ4v) is 2.08. The van der Waals surface area contributed by atoms with Gasteiger partial charge in [-0.25, -0.2) is 13.6 Å². The molecule has 1 aliphatic heterocycles. The second-order valence-corrected chi connectivity index (χ2v) is 4.73. The van der Waals surface area contributed by atoms with E-state index in [1.165, 1.54) is 12.1 Å². The van der Waals surface area contributed by atoms with Crippen molar-refractivity contribution in [1.29, 1.82) is 0 Å². The first-order valence-electron chi connectivity index (χ1n) is 4.54. The Morgan fingerprint density at radius 1 is 1.29 bits per heavy atom. The minimum Gasteiger partial charge on any atom is -0.486 e. The first-order chi connectivity index (χ1) is 8.02. The summed E-state index contributed by atoms with van der Waals surface area (Å²) in [5, 5.41) is 8.28. The van der Waals surface area contributed by atoms with Gasteiger partial charge in [-0.2, -0.15) is 0 Å². The standard InChI is InChI=1S/C8H8N4O4S/c9-12-11-5-3-6-7(16-2-1-15-6)4-8(5)17(10,13)14/h3-4H,1-2H2,(H2,10,13,14). The number of fused-ring (bicyclic) bond motifs is 1. The summed E-state index contributed by atoms with van der Waals surface area (Å²) in [5.74, 6) is 0.586. The number of ether oxygens (including phenoxy) is 2. The Kier molecular flexibility index (Phi) is 2.80. The van der Waals surface area contributed by atoms with E-state index in [4.69, 9.17) is 20.1 Å². The molecule has 0 aliphatic carbocycles. The molecule has 0 saturated carbocycles. The average Bonchev–Trinajstić information content (AvgIpc) is 2.27. The number of sulfonamides is 1. The summed E-state index contributed by atoms with van der Waals surface area (Å²) < 4.78 is 33.1. The third-order valence-corrected chi connectivity index (χ3v) is 3.02. The van der Waals surface area contributed by atoms with Gasteiger partial charge in [-0.15, -0.1) is 0 Å². The van der Waals surface area contributed by atoms with Gasteiger partial charge < -0.3 is 9.47 Å². The lowest BCUT2D eigenvalue weighted by molar-refractivity contribution is 0.171. The summed E-state index contributed by atoms with van der Waals surface area (Å²) in [4.78, 5) is 2.25. The molecule has 0 radical (unpaired) electrons. The first kappa shape index (κ1) is 11.5. The smallest absolute Gasteiger partial charge is 0.238 e. The molecule has 9 heteroatoms. The van der Waals surface area contributed by atoms with E-state index in [-0.39, 0.29) is 16.3 Å². The van der Waals surface area contributed by atoms with Crippen LogP contribution in [0.25, 0.3) is 10.4 Å². The van der Waals surface area contributed by atoms with E-state index in [1.54, 1.807) is 0 Å². The van der Waals surface area contributed by atoms with Crippen molar-refractivity contribution in [2.24, 2.45) is 10.3 Å². The SMILES string of the molecule is [N-]=[N+]=Nc1cc2c(cc1S(N)(=O)=O)OCCO2. The number of hydrogen-bond acceptors (Lipinski definition) is 5. The molecule has 1 aromatic carbocycles. The average molecular weight is 256 g/mol. The molecule has 0 bridgehead atoms. The third kappa shape index (κ3) is 2.26. The zero-order valence-electron chi connectivity index (χ0n) is 8.53. The molecule has 0 atom stereocenters. The Balaban J connectivity index is 2.68. The van der Waals surface area contributed by atoms with Crippen LogP contribution in [0.4, 0.5) is 5.69 Å². The number of hydrogen-bond donors (Lipinski definition) is 1. The Morgan fingerprint density at radius 2 is 1.88 bits per heavy atom. The molecule has 2 rings (SSSR count). The van der Waals surface area contributed by atoms with Gasteiger partial charge in [0, 0.05) is 11.0 Å². The third-order valence-electron chi connectivity index (χ3n) is 2.08. The van der Waals surface area contributed by atoms with Gasteiger partial charge in [-0.1, -0.05) is 5.11 Å². The van der Waals surface area contributed by atoms with E-state index in [1.807, 2.05) is 0 Å². The van der Waals surface area contributed by atoms with Crippen molar-refractivity contribution in [3.8, 4) is 11.5 Å². The fraction of sp³-hybridized carbons (Fsp3) is 0.250. The van der Waals surface area contributed by atoms with Gasteiger partial charge in [0.05, 0.1) is 10.6 Å². The van der Waals surface area contributed by atoms with Gasteiger partial charge in [0.25, 0.3) is 0 Å². The Bertz CT molecular complexity index is 606. The highest BCUT2D eigenvalue weighted by molar-refractivity contribution is 7.89. The van der Waals surface area contributed by atoms with Gasteiger partial charge in [0.2, 0.25) is 10.0 Å². The van der Waals surface area contributed by atoms with Crippen LogP contribution in [0, 0.1) is 0 Å². The van der Waals surface area contributed by atoms with E-state index in [0.29, 0.717) is 19.0 Å². The van der Waals surface area contributed by atoms with Crippen molar-refractivity contribution in [1.82, 2.24) is 0 Å². The molecule has 0 amide bonds. The van der Waals surface area contributed by atoms with Gasteiger partial charge in [-0.05, 0) is 11.6 Å². The number of rotatable bonds is 2. The van der Waals surface area contributed by atoms with Gasteiger partial charge >= 0.3 is 0 Å². The summed E-state index contributed by atoms with van der Waals surface area (Å²) in [6.45, 7) is 0.662. The molecule has 0 saturated heterocycles. The zero-order valence-corrected chi connectivity index (χ0v) is 9.35. The first-order valence-corrected chi connectivity index (χ1v) is 6.08. The maximum Gasteiger partial charge on any atom is 0.238 e. The molecule has 0 fully saturated rings. The molecule has 1 aliphatic rings. The molecule has 0 spiro atoms. The number of nitrogens with two attached hydrogens (primary N) is 1. The van der Waals surface area contributed by atoms with Crippen molar-refractivity contribution in [2.45, 2.75) is 4.90 Å². The van der Waals surface area contributed by atoms with Crippen molar-refractivity contribution in [3.05, 3.63) is 22.6 Å². The molecule has 8 nitrogen and oxygen atoms in total. The minimum absolute atomic E-state index is 0.112. The summed E-state index contributed by atoms with van der Waals surface area (Å²) in [6, 6.07) is 2.47. The van der Waals surface area contributed by atoms with Crippen LogP contribution >= 0.6 is 0 Å². The maximum atomic E-state index is 11.3. The highest BCUT2D eigenvalue weighted by Gasteiger charge is 2.20. The van der Waals surface area contributed by atoms with Gasteiger partial charge in [0.15, 0.2) is 11.5 Å². The van der Waals surface area contributed by atoms with E-state index in [9.17, 15) is 8.42 Å². The predicted octanol–water partition coefficient (Wildman–Crippen LogP) is 1.05. The van der Waals surface area contributed by atoms with Crippen LogP contribution in [0.2, 0.25) is 0 Å². The van der Waals surface area contributed by atoms with Crippen LogP contribution in [0.3, 0.4) is 0 Å². The van der Waals surface area contributed by atoms with Crippen molar-refractivity contribution < 1.29 is 17.9 Å². The maximum absolute atomic E-state index is 11.3. The van der Waals surface area contributed by atoms with E-state index >= 15 is 0 Å². The highest BCUT2D eigenvalue weighted by atomic mass is 32.2. The van der Waals surface area contributed by atoms with Gasteiger partial charge in [-0.3, -0.25) is 0 Å². The highest BCUT2D eigenvalue weighted by Crippen LogP contribution is 2.38. The molecule has 17 heavy (non-hydrogen) atoms. The quantitative estimate of drug-likeness (QED) is 0.481. The number of azide groups is 1. The lowest BCUT2D eigenvalue weighted by Crippen LogP contribution is -2.17. The van der Waals surface area contributed by atoms with Crippen molar-refractivity contribution in [3.63, 3.8) is 0 Å². The second-order valence-electron chi connectivity index (χ2n) is 3.20. The monoisotopic (exact) mass is 256 g/mol. The molecular formula is C8H8N4O4S. The van der Waals surface area contributed by atoms with Crippen LogP contribution in [-0.2, 0) is 10.0 Å². The molecule has 0 aromatic heterocycles. The number of nitrogens with zero attached hydrogens (tertiary/aromatic N) is 3. The lowest BCUT2D eigenvalue weighted by atomic mass is 10.2. The number of primary sulfonamides is 1. The van der Waals surface area contributed by atoms with Crippen molar-refractivity contribution >= 4 is 15.7 Å². The van der Waals surface area contributed by atoms with Crippen LogP contribution in [-0.4, -0.2) is 21.6 Å². The Labute approximate surface area is 96.6 Å². The minimum atomic E-state index is -3.99. The molecule has 2 N–H and O–H groups in total. The number of benzene rings is 1. The van der Waals surface area contributed by atoms with E-state index < -0.39 is 10.0 Å². The van der Waals surface area contributed by atoms with Crippen molar-refractivity contribution in [2.75, 3.05) is 13.2 Å². The summed E-state index contributed by atoms with van der Waals surface area (Å²) in [6.07, 6.45) is 0. The molecule has 90 valence electrons. The molecule has 1 aromatic rings. The molecule has 1 heterocycles. The fourth-order valence-electron chi connectivity index (χ4n) is 1.41. The van der Waals surface area contributed by atoms with Gasteiger partial charge in [0.1, 0.15) is 13.2 Å². The van der Waals surface area contributed by atoms with Crippen LogP contribution in [0.1, 0.15) is 0 Å². The van der Waals surface area contributed by atoms with Crippen LogP contribution in [0.15, 0.2) is 22.1 Å². The lowest BCUT2D eigenvalue weighted by Gasteiger charge is -2.19. The summed E-state index contributed by atoms with van der Waals surface area (Å²) in [5.41, 5.74) is 8.25. The Morgan fingerprint density at radius 3 is 2.41 bits per heavy atom. The summed E-state index contributed by atoms with van der Waals surface area (Å²) in [7, 11) is -3.99.